The molecule has 1 saturated heterocycles. The smallest absolute Gasteiger partial charge is 0.198 e. The third kappa shape index (κ3) is 3.21. The molecule has 5 rings (SSSR count). The minimum Gasteiger partial charge on any atom is -0.346 e. The van der Waals surface area contributed by atoms with Crippen LogP contribution in [0.1, 0.15) is 24.8 Å². The Balaban J connectivity index is 1.41. The molecule has 2 aliphatic heterocycles. The number of fused-ring (bicyclic) bond motifs is 1. The summed E-state index contributed by atoms with van der Waals surface area (Å²) in [7, 11) is 0. The van der Waals surface area contributed by atoms with Crippen molar-refractivity contribution >= 4 is 23.1 Å². The van der Waals surface area contributed by atoms with Crippen LogP contribution < -0.4 is 5.32 Å². The van der Waals surface area contributed by atoms with E-state index < -0.39 is 0 Å². The van der Waals surface area contributed by atoms with Gasteiger partial charge in [0.15, 0.2) is 5.96 Å². The van der Waals surface area contributed by atoms with Crippen molar-refractivity contribution in [1.82, 2.24) is 20.2 Å². The Bertz CT molecular complexity index is 1010. The van der Waals surface area contributed by atoms with Gasteiger partial charge in [0.25, 0.3) is 0 Å². The van der Waals surface area contributed by atoms with Crippen LogP contribution in [-0.2, 0) is 0 Å². The number of pyridine rings is 1. The summed E-state index contributed by atoms with van der Waals surface area (Å²) >= 11 is 0. The van der Waals surface area contributed by atoms with E-state index in [-0.39, 0.29) is 0 Å². The van der Waals surface area contributed by atoms with Crippen molar-refractivity contribution < 1.29 is 0 Å². The predicted molar refractivity (Wildman–Crippen MR) is 110 cm³/mol. The van der Waals surface area contributed by atoms with Crippen LogP contribution in [0.3, 0.4) is 0 Å². The normalized spacial score (nSPS) is 18.7. The van der Waals surface area contributed by atoms with Crippen LogP contribution in [0.25, 0.3) is 28.2 Å². The van der Waals surface area contributed by atoms with Crippen LogP contribution in [0.4, 0.5) is 0 Å². The first-order chi connectivity index (χ1) is 13.4. The first kappa shape index (κ1) is 16.1. The molecule has 136 valence electrons. The lowest BCUT2D eigenvalue weighted by molar-refractivity contribution is 0.336. The fourth-order valence-electron chi connectivity index (χ4n) is 3.87. The standard InChI is InChI=1S/C22H23N5/c1-3-7-16(8-4-1)17-12-20-18(14-24-21(20)23-13-17)11-19-15-25-22(26-19)27-9-5-2-6-10-27/h1,3-4,7-8,11-14H,2,5-6,9-10,15H2,(H,23,24)(H,25,26)/b19-11-. The van der Waals surface area contributed by atoms with Crippen molar-refractivity contribution in [2.75, 3.05) is 19.6 Å². The molecule has 0 aliphatic carbocycles. The molecule has 3 aromatic rings. The first-order valence-electron chi connectivity index (χ1n) is 9.66. The zero-order valence-electron chi connectivity index (χ0n) is 15.3. The Hall–Kier alpha value is -3.08. The molecule has 27 heavy (non-hydrogen) atoms. The second-order valence-electron chi connectivity index (χ2n) is 7.21. The summed E-state index contributed by atoms with van der Waals surface area (Å²) < 4.78 is 0. The highest BCUT2D eigenvalue weighted by Crippen LogP contribution is 2.26. The van der Waals surface area contributed by atoms with E-state index in [0.29, 0.717) is 6.54 Å². The first-order valence-corrected chi connectivity index (χ1v) is 9.66. The number of nitrogens with one attached hydrogen (secondary N) is 2. The lowest BCUT2D eigenvalue weighted by atomic mass is 10.1. The van der Waals surface area contributed by atoms with E-state index >= 15 is 0 Å². The highest BCUT2D eigenvalue weighted by Gasteiger charge is 2.19. The SMILES string of the molecule is C(=C1\CN=C(N2CCCCC2)N1)/c1c[nH]c2ncc(-c3ccccc3)cc12. The van der Waals surface area contributed by atoms with Gasteiger partial charge in [-0.2, -0.15) is 0 Å². The fraction of sp³-hybridized carbons (Fsp3) is 0.273. The second-order valence-corrected chi connectivity index (χ2v) is 7.21. The molecule has 0 amide bonds. The van der Waals surface area contributed by atoms with E-state index in [0.717, 1.165) is 46.9 Å². The predicted octanol–water partition coefficient (Wildman–Crippen LogP) is 4.02. The topological polar surface area (TPSA) is 56.3 Å². The average Bonchev–Trinajstić information content (AvgIpc) is 3.37. The molecule has 0 radical (unpaired) electrons. The van der Waals surface area contributed by atoms with Gasteiger partial charge in [-0.15, -0.1) is 0 Å². The number of hydrogen-bond acceptors (Lipinski definition) is 4. The lowest BCUT2D eigenvalue weighted by Gasteiger charge is -2.28. The quantitative estimate of drug-likeness (QED) is 0.728. The largest absolute Gasteiger partial charge is 0.346 e. The fourth-order valence-corrected chi connectivity index (χ4v) is 3.87. The Morgan fingerprint density at radius 1 is 1.00 bits per heavy atom. The molecule has 2 aromatic heterocycles. The molecule has 0 unspecified atom stereocenters. The molecule has 0 bridgehead atoms. The van der Waals surface area contributed by atoms with E-state index in [1.807, 2.05) is 18.5 Å². The van der Waals surface area contributed by atoms with Crippen molar-refractivity contribution in [3.63, 3.8) is 0 Å². The van der Waals surface area contributed by atoms with Gasteiger partial charge in [-0.1, -0.05) is 30.3 Å². The van der Waals surface area contributed by atoms with E-state index in [9.17, 15) is 0 Å². The van der Waals surface area contributed by atoms with E-state index in [1.54, 1.807) is 0 Å². The number of H-pyrrole nitrogens is 1. The van der Waals surface area contributed by atoms with E-state index in [1.165, 1.54) is 24.8 Å². The zero-order valence-corrected chi connectivity index (χ0v) is 15.3. The number of aliphatic imine (C=N–C) groups is 1. The van der Waals surface area contributed by atoms with Crippen LogP contribution in [0, 0.1) is 0 Å². The van der Waals surface area contributed by atoms with Gasteiger partial charge in [-0.25, -0.2) is 9.98 Å². The number of nitrogens with zero attached hydrogens (tertiary/aromatic N) is 3. The molecule has 0 atom stereocenters. The third-order valence-electron chi connectivity index (χ3n) is 5.33. The number of guanidine groups is 1. The third-order valence-corrected chi connectivity index (χ3v) is 5.33. The van der Waals surface area contributed by atoms with Gasteiger partial charge >= 0.3 is 0 Å². The molecule has 4 heterocycles. The number of aromatic nitrogens is 2. The summed E-state index contributed by atoms with van der Waals surface area (Å²) in [6, 6.07) is 12.6. The molecular formula is C22H23N5. The second kappa shape index (κ2) is 6.91. The number of rotatable bonds is 2. The molecular weight excluding hydrogens is 334 g/mol. The van der Waals surface area contributed by atoms with Gasteiger partial charge in [0.2, 0.25) is 0 Å². The summed E-state index contributed by atoms with van der Waals surface area (Å²) in [4.78, 5) is 15.0. The van der Waals surface area contributed by atoms with Gasteiger partial charge in [-0.05, 0) is 37.0 Å². The molecule has 1 aromatic carbocycles. The highest BCUT2D eigenvalue weighted by molar-refractivity contribution is 5.91. The van der Waals surface area contributed by atoms with Gasteiger partial charge in [0, 0.05) is 47.7 Å². The van der Waals surface area contributed by atoms with Crippen LogP contribution in [0.2, 0.25) is 0 Å². The zero-order chi connectivity index (χ0) is 18.1. The highest BCUT2D eigenvalue weighted by atomic mass is 15.3. The number of likely N-dealkylation sites (tertiary alicyclic amines) is 1. The van der Waals surface area contributed by atoms with Crippen molar-refractivity contribution in [1.29, 1.82) is 0 Å². The minimum absolute atomic E-state index is 0.713. The Morgan fingerprint density at radius 2 is 1.85 bits per heavy atom. The summed E-state index contributed by atoms with van der Waals surface area (Å²) in [5.41, 5.74) is 5.51. The van der Waals surface area contributed by atoms with Crippen molar-refractivity contribution in [2.24, 2.45) is 4.99 Å². The number of hydrogen-bond donors (Lipinski definition) is 2. The summed E-state index contributed by atoms with van der Waals surface area (Å²) in [6.07, 6.45) is 10.00. The maximum atomic E-state index is 4.70. The van der Waals surface area contributed by atoms with E-state index in [2.05, 4.69) is 56.6 Å². The van der Waals surface area contributed by atoms with Crippen LogP contribution >= 0.6 is 0 Å². The Labute approximate surface area is 158 Å². The molecule has 1 fully saturated rings. The lowest BCUT2D eigenvalue weighted by Crippen LogP contribution is -2.41. The molecule has 2 N–H and O–H groups in total. The van der Waals surface area contributed by atoms with Crippen molar-refractivity contribution in [3.05, 3.63) is 60.1 Å². The molecule has 5 heteroatoms. The summed E-state index contributed by atoms with van der Waals surface area (Å²) in [5, 5.41) is 4.65. The Morgan fingerprint density at radius 3 is 2.70 bits per heavy atom. The maximum Gasteiger partial charge on any atom is 0.198 e. The number of piperidine rings is 1. The molecule has 2 aliphatic rings. The van der Waals surface area contributed by atoms with Crippen LogP contribution in [0.5, 0.6) is 0 Å². The Kier molecular flexibility index (Phi) is 4.13. The molecule has 0 saturated carbocycles. The molecule has 0 spiro atoms. The monoisotopic (exact) mass is 357 g/mol. The summed E-state index contributed by atoms with van der Waals surface area (Å²) in [6.45, 7) is 2.93. The molecule has 5 nitrogen and oxygen atoms in total. The van der Waals surface area contributed by atoms with Gasteiger partial charge < -0.3 is 15.2 Å². The average molecular weight is 357 g/mol. The summed E-state index contributed by atoms with van der Waals surface area (Å²) in [5.74, 6) is 1.03. The van der Waals surface area contributed by atoms with Gasteiger partial charge in [-0.3, -0.25) is 0 Å². The van der Waals surface area contributed by atoms with Gasteiger partial charge in [0.05, 0.1) is 6.54 Å². The van der Waals surface area contributed by atoms with Crippen molar-refractivity contribution in [3.8, 4) is 11.1 Å². The van der Waals surface area contributed by atoms with Crippen molar-refractivity contribution in [2.45, 2.75) is 19.3 Å². The number of benzene rings is 1. The number of aromatic amines is 1. The van der Waals surface area contributed by atoms with Gasteiger partial charge in [0.1, 0.15) is 5.65 Å². The van der Waals surface area contributed by atoms with E-state index in [4.69, 9.17) is 4.99 Å². The van der Waals surface area contributed by atoms with Crippen LogP contribution in [0.15, 0.2) is 59.5 Å². The maximum absolute atomic E-state index is 4.70. The minimum atomic E-state index is 0.713. The van der Waals surface area contributed by atoms with Crippen LogP contribution in [-0.4, -0.2) is 40.5 Å².